The normalized spacial score (nSPS) is 15.8. The molecule has 1 aliphatic rings. The van der Waals surface area contributed by atoms with Crippen LogP contribution < -0.4 is 10.3 Å². The van der Waals surface area contributed by atoms with Crippen molar-refractivity contribution in [1.29, 1.82) is 0 Å². The molecule has 0 N–H and O–H groups in total. The predicted octanol–water partition coefficient (Wildman–Crippen LogP) is 4.08. The van der Waals surface area contributed by atoms with Gasteiger partial charge in [-0.05, 0) is 35.9 Å². The number of fused-ring (bicyclic) bond motifs is 2. The highest BCUT2D eigenvalue weighted by Gasteiger charge is 2.44. The minimum atomic E-state index is -0.706. The van der Waals surface area contributed by atoms with Crippen LogP contribution >= 0.6 is 0 Å². The number of aromatic nitrogens is 1. The lowest BCUT2D eigenvalue weighted by atomic mass is 9.98. The van der Waals surface area contributed by atoms with Crippen LogP contribution in [0.15, 0.2) is 82.1 Å². The molecule has 5 nitrogen and oxygen atoms in total. The second-order valence-electron chi connectivity index (χ2n) is 6.49. The van der Waals surface area contributed by atoms with Gasteiger partial charge in [-0.3, -0.25) is 14.5 Å². The van der Waals surface area contributed by atoms with E-state index in [0.29, 0.717) is 5.82 Å². The molecule has 0 saturated carbocycles. The van der Waals surface area contributed by atoms with Gasteiger partial charge in [-0.2, -0.15) is 0 Å². The van der Waals surface area contributed by atoms with Crippen LogP contribution in [0, 0.1) is 5.82 Å². The van der Waals surface area contributed by atoms with E-state index in [9.17, 15) is 14.0 Å². The van der Waals surface area contributed by atoms with Crippen molar-refractivity contribution in [2.45, 2.75) is 6.04 Å². The van der Waals surface area contributed by atoms with E-state index >= 15 is 0 Å². The highest BCUT2D eigenvalue weighted by atomic mass is 19.1. The van der Waals surface area contributed by atoms with Gasteiger partial charge in [0.25, 0.3) is 5.91 Å². The van der Waals surface area contributed by atoms with E-state index in [1.807, 2.05) is 30.3 Å². The summed E-state index contributed by atoms with van der Waals surface area (Å²) in [5.41, 5.74) is 0.688. The molecule has 0 fully saturated rings. The topological polar surface area (TPSA) is 63.4 Å². The Morgan fingerprint density at radius 3 is 2.50 bits per heavy atom. The number of hydrogen-bond donors (Lipinski definition) is 0. The number of pyridine rings is 1. The largest absolute Gasteiger partial charge is 0.450 e. The fourth-order valence-electron chi connectivity index (χ4n) is 3.63. The summed E-state index contributed by atoms with van der Waals surface area (Å²) in [6, 6.07) is 17.4. The Labute approximate surface area is 158 Å². The summed E-state index contributed by atoms with van der Waals surface area (Å²) in [6.45, 7) is 0. The van der Waals surface area contributed by atoms with Gasteiger partial charge < -0.3 is 4.42 Å². The number of hydrogen-bond acceptors (Lipinski definition) is 4. The predicted molar refractivity (Wildman–Crippen MR) is 102 cm³/mol. The highest BCUT2D eigenvalue weighted by Crippen LogP contribution is 2.40. The van der Waals surface area contributed by atoms with E-state index < -0.39 is 23.2 Å². The third-order valence-corrected chi connectivity index (χ3v) is 4.84. The van der Waals surface area contributed by atoms with Crippen molar-refractivity contribution in [2.24, 2.45) is 0 Å². The third kappa shape index (κ3) is 2.35. The molecule has 2 aromatic heterocycles. The molecule has 0 bridgehead atoms. The quantitative estimate of drug-likeness (QED) is 0.532. The third-order valence-electron chi connectivity index (χ3n) is 4.84. The summed E-state index contributed by atoms with van der Waals surface area (Å²) >= 11 is 0. The monoisotopic (exact) mass is 372 g/mol. The summed E-state index contributed by atoms with van der Waals surface area (Å²) in [5.74, 6) is -0.626. The molecule has 0 aliphatic carbocycles. The zero-order valence-corrected chi connectivity index (χ0v) is 14.5. The van der Waals surface area contributed by atoms with E-state index in [1.165, 1.54) is 17.0 Å². The molecule has 5 rings (SSSR count). The molecule has 3 heterocycles. The zero-order valence-electron chi connectivity index (χ0n) is 14.5. The molecule has 1 amide bonds. The van der Waals surface area contributed by atoms with Gasteiger partial charge in [0.15, 0.2) is 5.43 Å². The number of carbonyl (C=O) groups is 1. The molecule has 28 heavy (non-hydrogen) atoms. The Bertz CT molecular complexity index is 1270. The Morgan fingerprint density at radius 1 is 0.964 bits per heavy atom. The second-order valence-corrected chi connectivity index (χ2v) is 6.49. The van der Waals surface area contributed by atoms with Crippen molar-refractivity contribution in [3.05, 3.63) is 106 Å². The summed E-state index contributed by atoms with van der Waals surface area (Å²) in [4.78, 5) is 32.2. The lowest BCUT2D eigenvalue weighted by molar-refractivity contribution is 0.0970. The maximum absolute atomic E-state index is 13.7. The molecule has 4 aromatic rings. The van der Waals surface area contributed by atoms with Crippen LogP contribution in [0.3, 0.4) is 0 Å². The van der Waals surface area contributed by atoms with Gasteiger partial charge >= 0.3 is 0 Å². The summed E-state index contributed by atoms with van der Waals surface area (Å²) < 4.78 is 19.5. The van der Waals surface area contributed by atoms with Crippen LogP contribution in [0.4, 0.5) is 10.2 Å². The lowest BCUT2D eigenvalue weighted by Gasteiger charge is -2.24. The zero-order chi connectivity index (χ0) is 19.3. The standard InChI is InChI=1S/C22H13FN2O3/c23-14-9-10-16-15(12-14)20(26)18-19(13-6-2-1-3-7-13)25(22(27)21(18)28-16)17-8-4-5-11-24-17/h1-12,19H. The van der Waals surface area contributed by atoms with Crippen LogP contribution in [0.5, 0.6) is 0 Å². The van der Waals surface area contributed by atoms with Crippen molar-refractivity contribution in [3.8, 4) is 0 Å². The van der Waals surface area contributed by atoms with Gasteiger partial charge in [0.05, 0.1) is 17.0 Å². The van der Waals surface area contributed by atoms with Gasteiger partial charge in [0, 0.05) is 6.20 Å². The van der Waals surface area contributed by atoms with Crippen LogP contribution in [-0.4, -0.2) is 10.9 Å². The minimum Gasteiger partial charge on any atom is -0.450 e. The summed E-state index contributed by atoms with van der Waals surface area (Å²) in [7, 11) is 0. The smallest absolute Gasteiger partial charge is 0.296 e. The van der Waals surface area contributed by atoms with Crippen LogP contribution in [0.2, 0.25) is 0 Å². The molecule has 0 spiro atoms. The highest BCUT2D eigenvalue weighted by molar-refractivity contribution is 6.10. The molecule has 1 unspecified atom stereocenters. The Hall–Kier alpha value is -3.80. The van der Waals surface area contributed by atoms with E-state index in [-0.39, 0.29) is 22.3 Å². The fourth-order valence-corrected chi connectivity index (χ4v) is 3.63. The molecular formula is C22H13FN2O3. The number of benzene rings is 2. The van der Waals surface area contributed by atoms with E-state index in [1.54, 1.807) is 24.4 Å². The first-order valence-corrected chi connectivity index (χ1v) is 8.71. The van der Waals surface area contributed by atoms with Crippen LogP contribution in [0.25, 0.3) is 11.0 Å². The first-order chi connectivity index (χ1) is 13.6. The molecule has 1 atom stereocenters. The molecular weight excluding hydrogens is 359 g/mol. The number of amides is 1. The first-order valence-electron chi connectivity index (χ1n) is 8.71. The lowest BCUT2D eigenvalue weighted by Crippen LogP contribution is -2.30. The number of nitrogens with zero attached hydrogens (tertiary/aromatic N) is 2. The maximum Gasteiger partial charge on any atom is 0.296 e. The molecule has 1 aliphatic heterocycles. The molecule has 2 aromatic carbocycles. The van der Waals surface area contributed by atoms with Crippen molar-refractivity contribution < 1.29 is 13.6 Å². The van der Waals surface area contributed by atoms with Crippen molar-refractivity contribution in [3.63, 3.8) is 0 Å². The SMILES string of the molecule is O=C1c2oc3ccc(F)cc3c(=O)c2C(c2ccccc2)N1c1ccccn1. The van der Waals surface area contributed by atoms with Gasteiger partial charge in [0.2, 0.25) is 5.76 Å². The van der Waals surface area contributed by atoms with Gasteiger partial charge in [0.1, 0.15) is 17.2 Å². The van der Waals surface area contributed by atoms with Gasteiger partial charge in [-0.25, -0.2) is 9.37 Å². The number of halogens is 1. The first kappa shape index (κ1) is 16.4. The van der Waals surface area contributed by atoms with Crippen molar-refractivity contribution in [2.75, 3.05) is 4.90 Å². The molecule has 136 valence electrons. The summed E-state index contributed by atoms with van der Waals surface area (Å²) in [6.07, 6.45) is 1.58. The number of rotatable bonds is 2. The number of carbonyl (C=O) groups excluding carboxylic acids is 1. The average Bonchev–Trinajstić information content (AvgIpc) is 3.03. The maximum atomic E-state index is 13.7. The second kappa shape index (κ2) is 6.13. The van der Waals surface area contributed by atoms with Crippen LogP contribution in [-0.2, 0) is 0 Å². The Kier molecular flexibility index (Phi) is 3.58. The number of anilines is 1. The van der Waals surface area contributed by atoms with Gasteiger partial charge in [-0.15, -0.1) is 0 Å². The van der Waals surface area contributed by atoms with E-state index in [2.05, 4.69) is 4.98 Å². The van der Waals surface area contributed by atoms with Gasteiger partial charge in [-0.1, -0.05) is 36.4 Å². The van der Waals surface area contributed by atoms with E-state index in [0.717, 1.165) is 11.6 Å². The fraction of sp³-hybridized carbons (Fsp3) is 0.0455. The van der Waals surface area contributed by atoms with Crippen molar-refractivity contribution >= 4 is 22.7 Å². The van der Waals surface area contributed by atoms with Crippen molar-refractivity contribution in [1.82, 2.24) is 4.98 Å². The summed E-state index contributed by atoms with van der Waals surface area (Å²) in [5, 5.41) is 0.107. The minimum absolute atomic E-state index is 0.0383. The average molecular weight is 372 g/mol. The molecule has 6 heteroatoms. The molecule has 0 saturated heterocycles. The Morgan fingerprint density at radius 2 is 1.75 bits per heavy atom. The Balaban J connectivity index is 1.84. The van der Waals surface area contributed by atoms with Crippen LogP contribution in [0.1, 0.15) is 27.7 Å². The molecule has 0 radical (unpaired) electrons. The van der Waals surface area contributed by atoms with E-state index in [4.69, 9.17) is 4.42 Å².